The number of anilines is 1. The van der Waals surface area contributed by atoms with Gasteiger partial charge in [-0.1, -0.05) is 6.07 Å². The van der Waals surface area contributed by atoms with Crippen molar-refractivity contribution in [3.8, 4) is 0 Å². The largest absolute Gasteiger partial charge is 0.478 e. The summed E-state index contributed by atoms with van der Waals surface area (Å²) in [6.07, 6.45) is -71.0. The van der Waals surface area contributed by atoms with E-state index in [-0.39, 0.29) is 11.3 Å². The summed E-state index contributed by atoms with van der Waals surface area (Å²) in [5, 5.41) is 236. The van der Waals surface area contributed by atoms with Crippen molar-refractivity contribution in [3.05, 3.63) is 29.8 Å². The van der Waals surface area contributed by atoms with Crippen LogP contribution in [0.1, 0.15) is 10.4 Å². The van der Waals surface area contributed by atoms with Gasteiger partial charge in [-0.25, -0.2) is 4.79 Å². The summed E-state index contributed by atoms with van der Waals surface area (Å²) in [7, 11) is 0. The van der Waals surface area contributed by atoms with Crippen LogP contribution in [0.4, 0.5) is 5.69 Å². The molecule has 22 rings (SSSR count). The summed E-state index contributed by atoms with van der Waals surface area (Å²) in [4.78, 5) is 11.8. The Hall–Kier alpha value is -2.87. The van der Waals surface area contributed by atoms with Gasteiger partial charge in [0.1, 0.15) is 171 Å². The number of benzene rings is 1. The number of aromatic carboxylic acids is 1. The average Bonchev–Trinajstić information content (AvgIpc) is 3.09. The van der Waals surface area contributed by atoms with Gasteiger partial charge in [0, 0.05) is 12.2 Å². The monoisotopic (exact) mass is 1250 g/mol. The van der Waals surface area contributed by atoms with Gasteiger partial charge in [-0.15, -0.1) is 0 Å². The standard InChI is InChI=1S/C49H75NO36/c51-6-15-36-23(59)30(66)45(75-15)83-38-17(8-53)77-47(32(68)25(38)61)85-40-19(10-55)79-49(34(70)27(40)63)86-41-20(11-56)78-48(33(69)26(41)62)84-39-18(9-54)76-46(31(67)24(39)60)82-37-16(7-52)74-44(29(65)22(37)58)80-35-14(73-43(81-36)28(64)21(35)57)5-50-13-3-1-2-12(4-13)42(71)72/h1-4,14-41,43-70H,5-11H2,(H,71,72)/t14-,15+,16-,17+,18-,19+,20-,21+,22+,23-,24+,25+,26+,27+,28+,29+,30-,31+,32-,33+,34+,35+,36+,37+,38+,39+,40+,41+,43+,44+,45+,46+,47+,48+,49+/m0/s1. The Labute approximate surface area is 485 Å². The van der Waals surface area contributed by atoms with E-state index in [9.17, 15) is 112 Å². The number of carboxylic acid groups (broad SMARTS) is 1. The molecule has 21 heterocycles. The van der Waals surface area contributed by atoms with Gasteiger partial charge in [-0.05, 0) is 18.2 Å². The molecular formula is C49H75NO36. The summed E-state index contributed by atoms with van der Waals surface area (Å²) < 4.78 is 81.0. The lowest BCUT2D eigenvalue weighted by molar-refractivity contribution is -0.396. The van der Waals surface area contributed by atoms with Crippen molar-refractivity contribution in [2.24, 2.45) is 0 Å². The number of hydrogen-bond donors (Lipinski definition) is 22. The summed E-state index contributed by atoms with van der Waals surface area (Å²) >= 11 is 0. The normalized spacial score (nSPS) is 50.7. The highest BCUT2D eigenvalue weighted by Crippen LogP contribution is 2.39. The molecule has 0 spiro atoms. The van der Waals surface area contributed by atoms with Crippen molar-refractivity contribution in [1.82, 2.24) is 0 Å². The van der Waals surface area contributed by atoms with Gasteiger partial charge < -0.3 is 179 Å². The Morgan fingerprint density at radius 3 is 0.733 bits per heavy atom. The summed E-state index contributed by atoms with van der Waals surface area (Å²) in [6, 6.07) is 5.28. The van der Waals surface area contributed by atoms with E-state index in [0.717, 1.165) is 0 Å². The fraction of sp³-hybridized carbons (Fsp3) is 0.857. The molecule has 14 bridgehead atoms. The van der Waals surface area contributed by atoms with Gasteiger partial charge in [-0.2, -0.15) is 0 Å². The van der Waals surface area contributed by atoms with Crippen molar-refractivity contribution in [2.75, 3.05) is 51.5 Å². The van der Waals surface area contributed by atoms with Gasteiger partial charge in [0.15, 0.2) is 44.0 Å². The molecular weight excluding hydrogens is 1180 g/mol. The molecule has 1 aromatic carbocycles. The molecule has 35 atom stereocenters. The third-order valence-corrected chi connectivity index (χ3v) is 16.2. The van der Waals surface area contributed by atoms with Crippen molar-refractivity contribution in [1.29, 1.82) is 0 Å². The zero-order chi connectivity index (χ0) is 62.3. The Bertz CT molecular complexity index is 2300. The number of hydrogen-bond acceptors (Lipinski definition) is 36. The number of aliphatic hydroxyl groups excluding tert-OH is 20. The van der Waals surface area contributed by atoms with E-state index in [2.05, 4.69) is 5.32 Å². The molecule has 21 aliphatic heterocycles. The third-order valence-electron chi connectivity index (χ3n) is 16.2. The molecule has 86 heavy (non-hydrogen) atoms. The van der Waals surface area contributed by atoms with Crippen molar-refractivity contribution < 1.29 is 178 Å². The first-order valence-corrected chi connectivity index (χ1v) is 27.4. The molecule has 21 saturated heterocycles. The van der Waals surface area contributed by atoms with E-state index < -0.39 is 267 Å². The number of carboxylic acids is 1. The van der Waals surface area contributed by atoms with Crippen LogP contribution in [0.15, 0.2) is 24.3 Å². The number of ether oxygens (including phenoxy) is 14. The fourth-order valence-electron chi connectivity index (χ4n) is 11.4. The minimum atomic E-state index is -2.25. The highest BCUT2D eigenvalue weighted by molar-refractivity contribution is 5.88. The molecule has 492 valence electrons. The first-order chi connectivity index (χ1) is 41.0. The van der Waals surface area contributed by atoms with E-state index in [1.807, 2.05) is 0 Å². The average molecular weight is 1250 g/mol. The summed E-state index contributed by atoms with van der Waals surface area (Å²) in [6.45, 7) is -6.90. The zero-order valence-corrected chi connectivity index (χ0v) is 45.0. The van der Waals surface area contributed by atoms with E-state index in [0.29, 0.717) is 0 Å². The fourth-order valence-corrected chi connectivity index (χ4v) is 11.4. The Morgan fingerprint density at radius 2 is 0.523 bits per heavy atom. The molecule has 0 radical (unpaired) electrons. The van der Waals surface area contributed by atoms with Crippen LogP contribution in [0.5, 0.6) is 0 Å². The predicted molar refractivity (Wildman–Crippen MR) is 263 cm³/mol. The number of rotatable bonds is 10. The molecule has 21 fully saturated rings. The van der Waals surface area contributed by atoms with Crippen molar-refractivity contribution >= 4 is 11.7 Å². The van der Waals surface area contributed by atoms with Crippen molar-refractivity contribution in [3.63, 3.8) is 0 Å². The minimum Gasteiger partial charge on any atom is -0.478 e. The number of aliphatic hydroxyl groups is 20. The molecule has 22 N–H and O–H groups in total. The van der Waals surface area contributed by atoms with Crippen LogP contribution in [0.3, 0.4) is 0 Å². The molecule has 1 aromatic rings. The molecule has 37 heteroatoms. The van der Waals surface area contributed by atoms with Crippen LogP contribution in [0.25, 0.3) is 0 Å². The first kappa shape index (κ1) is 67.5. The maximum Gasteiger partial charge on any atom is 0.335 e. The van der Waals surface area contributed by atoms with Crippen LogP contribution >= 0.6 is 0 Å². The van der Waals surface area contributed by atoms with Crippen LogP contribution in [-0.4, -0.2) is 374 Å². The zero-order valence-electron chi connectivity index (χ0n) is 45.0. The third kappa shape index (κ3) is 13.5. The van der Waals surface area contributed by atoms with Gasteiger partial charge in [0.25, 0.3) is 0 Å². The highest BCUT2D eigenvalue weighted by Gasteiger charge is 2.59. The second kappa shape index (κ2) is 28.7. The maximum atomic E-state index is 11.8. The lowest BCUT2D eigenvalue weighted by Crippen LogP contribution is -2.68. The molecule has 0 amide bonds. The maximum absolute atomic E-state index is 11.8. The Morgan fingerprint density at radius 1 is 0.314 bits per heavy atom. The lowest BCUT2D eigenvalue weighted by atomic mass is 9.95. The second-order valence-electron chi connectivity index (χ2n) is 21.7. The Balaban J connectivity index is 1.02. The van der Waals surface area contributed by atoms with Crippen LogP contribution in [0, 0.1) is 0 Å². The molecule has 21 aliphatic rings. The van der Waals surface area contributed by atoms with E-state index in [1.165, 1.54) is 24.3 Å². The van der Waals surface area contributed by atoms with E-state index in [4.69, 9.17) is 66.3 Å². The van der Waals surface area contributed by atoms with Crippen LogP contribution in [0.2, 0.25) is 0 Å². The second-order valence-corrected chi connectivity index (χ2v) is 21.7. The van der Waals surface area contributed by atoms with Crippen LogP contribution < -0.4 is 5.32 Å². The molecule has 37 nitrogen and oxygen atoms in total. The van der Waals surface area contributed by atoms with Gasteiger partial charge in [-0.3, -0.25) is 0 Å². The molecule has 0 saturated carbocycles. The SMILES string of the molecule is O=C(O)c1cccc(NC[C@@H]2O[C@@H]3O[C@H]4[C@@H](O)[C@H](O)[C@@H](O[C@H]5[C@H](O)[C@H](O)[C@@H](O[C@H]6[C@H](O)[C@@H](O)[C@@H](O[C@H]7[C@H](O)[C@@H](O)[C@@H](O[C@H]8[C@H](O)[C@@H](O)[C@@H](O[C@H]9[C@H](O)[C@@H](O)[C@@H](O[C@H]2[C@H](O)[C@H]3O)O[C@H]9CO)O[C@H]8CO)O[C@H]7CO)O[C@@H]6CO)O[C@@H]5CO)O[C@@H]4CO)c1. The first-order valence-electron chi connectivity index (χ1n) is 27.4. The molecule has 0 unspecified atom stereocenters. The summed E-state index contributed by atoms with van der Waals surface area (Å²) in [5.41, 5.74) is -0.0407. The quantitative estimate of drug-likeness (QED) is 0.103. The molecule has 0 aliphatic carbocycles. The lowest BCUT2D eigenvalue weighted by Gasteiger charge is -2.50. The minimum absolute atomic E-state index is 0.139. The van der Waals surface area contributed by atoms with E-state index >= 15 is 0 Å². The Kier molecular flexibility index (Phi) is 22.6. The number of nitrogens with one attached hydrogen (secondary N) is 1. The van der Waals surface area contributed by atoms with E-state index in [1.54, 1.807) is 0 Å². The molecule has 0 aromatic heterocycles. The van der Waals surface area contributed by atoms with Crippen LogP contribution in [-0.2, 0) is 66.3 Å². The van der Waals surface area contributed by atoms with Gasteiger partial charge in [0.2, 0.25) is 0 Å². The predicted octanol–water partition coefficient (Wildman–Crippen LogP) is -13.4. The van der Waals surface area contributed by atoms with Gasteiger partial charge >= 0.3 is 5.97 Å². The van der Waals surface area contributed by atoms with Crippen molar-refractivity contribution in [2.45, 2.75) is 215 Å². The summed E-state index contributed by atoms with van der Waals surface area (Å²) in [5.74, 6) is -1.32. The highest BCUT2D eigenvalue weighted by atomic mass is 16.8. The topological polar surface area (TPSA) is 583 Å². The smallest absolute Gasteiger partial charge is 0.335 e. The number of carbonyl (C=O) groups is 1. The van der Waals surface area contributed by atoms with Gasteiger partial charge in [0.05, 0.1) is 45.2 Å².